The molecular formula is C25H17F2NO4. The smallest absolute Gasteiger partial charge is 0.300 e. The summed E-state index contributed by atoms with van der Waals surface area (Å²) >= 11 is 0. The molecule has 1 saturated heterocycles. The number of carbonyl (C=O) groups excluding carboxylic acids is 2. The number of hydrogen-bond donors (Lipinski definition) is 1. The fourth-order valence-electron chi connectivity index (χ4n) is 4.19. The number of anilines is 1. The van der Waals surface area contributed by atoms with Crippen molar-refractivity contribution in [2.75, 3.05) is 11.5 Å². The van der Waals surface area contributed by atoms with Crippen molar-refractivity contribution in [2.24, 2.45) is 0 Å². The molecule has 2 heterocycles. The molecule has 3 aromatic carbocycles. The van der Waals surface area contributed by atoms with Gasteiger partial charge in [0.2, 0.25) is 0 Å². The second-order valence-corrected chi connectivity index (χ2v) is 7.60. The van der Waals surface area contributed by atoms with E-state index in [4.69, 9.17) is 4.74 Å². The highest BCUT2D eigenvalue weighted by Crippen LogP contribution is 2.43. The van der Waals surface area contributed by atoms with Crippen LogP contribution in [0.15, 0.2) is 72.3 Å². The highest BCUT2D eigenvalue weighted by Gasteiger charge is 2.47. The van der Waals surface area contributed by atoms with E-state index in [1.807, 2.05) is 0 Å². The summed E-state index contributed by atoms with van der Waals surface area (Å²) in [7, 11) is 0. The van der Waals surface area contributed by atoms with Gasteiger partial charge >= 0.3 is 0 Å². The predicted molar refractivity (Wildman–Crippen MR) is 113 cm³/mol. The maximum absolute atomic E-state index is 14.6. The van der Waals surface area contributed by atoms with Crippen molar-refractivity contribution < 1.29 is 28.2 Å². The van der Waals surface area contributed by atoms with Gasteiger partial charge < -0.3 is 9.84 Å². The van der Waals surface area contributed by atoms with E-state index in [9.17, 15) is 23.5 Å². The van der Waals surface area contributed by atoms with Crippen LogP contribution in [-0.4, -0.2) is 23.4 Å². The van der Waals surface area contributed by atoms with Crippen LogP contribution in [0, 0.1) is 11.6 Å². The van der Waals surface area contributed by atoms with Gasteiger partial charge in [-0.2, -0.15) is 0 Å². The molecule has 160 valence electrons. The summed E-state index contributed by atoms with van der Waals surface area (Å²) in [6.07, 6.45) is 0.654. The lowest BCUT2D eigenvalue weighted by molar-refractivity contribution is -0.132. The van der Waals surface area contributed by atoms with Crippen LogP contribution < -0.4 is 9.64 Å². The van der Waals surface area contributed by atoms with Crippen LogP contribution in [-0.2, 0) is 16.0 Å². The first-order chi connectivity index (χ1) is 15.5. The number of hydrogen-bond acceptors (Lipinski definition) is 4. The zero-order chi connectivity index (χ0) is 22.4. The summed E-state index contributed by atoms with van der Waals surface area (Å²) in [6.45, 7) is 0.521. The van der Waals surface area contributed by atoms with Gasteiger partial charge in [-0.1, -0.05) is 30.3 Å². The fourth-order valence-corrected chi connectivity index (χ4v) is 4.19. The van der Waals surface area contributed by atoms with Gasteiger partial charge in [0.1, 0.15) is 23.1 Å². The second-order valence-electron chi connectivity index (χ2n) is 7.60. The number of aliphatic hydroxyl groups is 1. The Morgan fingerprint density at radius 2 is 1.78 bits per heavy atom. The van der Waals surface area contributed by atoms with Gasteiger partial charge in [0.05, 0.1) is 23.9 Å². The van der Waals surface area contributed by atoms with E-state index in [1.165, 1.54) is 0 Å². The van der Waals surface area contributed by atoms with E-state index in [2.05, 4.69) is 0 Å². The number of benzene rings is 3. The van der Waals surface area contributed by atoms with Crippen LogP contribution >= 0.6 is 0 Å². The number of halogens is 2. The van der Waals surface area contributed by atoms with Gasteiger partial charge in [-0.3, -0.25) is 14.5 Å². The quantitative estimate of drug-likeness (QED) is 0.375. The van der Waals surface area contributed by atoms with Crippen LogP contribution in [0.5, 0.6) is 5.75 Å². The number of amides is 1. The molecule has 0 spiro atoms. The Morgan fingerprint density at radius 1 is 1.00 bits per heavy atom. The molecule has 1 amide bonds. The minimum atomic E-state index is -1.13. The molecule has 0 radical (unpaired) electrons. The van der Waals surface area contributed by atoms with Crippen molar-refractivity contribution in [1.82, 2.24) is 0 Å². The molecule has 0 aromatic heterocycles. The molecule has 0 saturated carbocycles. The topological polar surface area (TPSA) is 66.8 Å². The first-order valence-electron chi connectivity index (χ1n) is 10.0. The van der Waals surface area contributed by atoms with Crippen molar-refractivity contribution in [3.63, 3.8) is 0 Å². The largest absolute Gasteiger partial charge is 0.507 e. The Labute approximate surface area is 182 Å². The molecule has 2 aliphatic rings. The van der Waals surface area contributed by atoms with Crippen molar-refractivity contribution in [3.8, 4) is 5.75 Å². The fraction of sp³-hybridized carbons (Fsp3) is 0.120. The van der Waals surface area contributed by atoms with E-state index >= 15 is 0 Å². The van der Waals surface area contributed by atoms with Crippen LogP contribution in [0.3, 0.4) is 0 Å². The van der Waals surface area contributed by atoms with Gasteiger partial charge in [0.25, 0.3) is 11.7 Å². The zero-order valence-corrected chi connectivity index (χ0v) is 16.7. The second kappa shape index (κ2) is 7.60. The number of rotatable bonds is 3. The Bertz CT molecular complexity index is 1290. The van der Waals surface area contributed by atoms with E-state index in [-0.39, 0.29) is 17.0 Å². The Kier molecular flexibility index (Phi) is 4.74. The number of carbonyl (C=O) groups is 2. The zero-order valence-electron chi connectivity index (χ0n) is 16.7. The summed E-state index contributed by atoms with van der Waals surface area (Å²) in [5.74, 6) is -3.32. The van der Waals surface area contributed by atoms with Crippen molar-refractivity contribution in [2.45, 2.75) is 12.5 Å². The molecule has 1 N–H and O–H groups in total. The minimum absolute atomic E-state index is 0.191. The maximum Gasteiger partial charge on any atom is 0.300 e. The number of aliphatic hydroxyl groups excluding tert-OH is 1. The van der Waals surface area contributed by atoms with Gasteiger partial charge in [0, 0.05) is 18.1 Å². The molecule has 0 aliphatic carbocycles. The predicted octanol–water partition coefficient (Wildman–Crippen LogP) is 4.53. The van der Waals surface area contributed by atoms with E-state index in [0.717, 1.165) is 28.7 Å². The summed E-state index contributed by atoms with van der Waals surface area (Å²) in [6, 6.07) is 15.0. The third kappa shape index (κ3) is 3.13. The average Bonchev–Trinajstić information content (AvgIpc) is 3.38. The average molecular weight is 433 g/mol. The lowest BCUT2D eigenvalue weighted by Crippen LogP contribution is -2.30. The summed E-state index contributed by atoms with van der Waals surface area (Å²) < 4.78 is 34.1. The van der Waals surface area contributed by atoms with E-state index < -0.39 is 29.4 Å². The number of ketones is 1. The molecule has 1 atom stereocenters. The SMILES string of the molecule is O=C1C(=O)N(c2cc(F)ccc2F)C(c2ccccc2)/C1=C(/O)c1ccc2c(c1)CCO2. The van der Waals surface area contributed by atoms with E-state index in [1.54, 1.807) is 48.5 Å². The molecule has 7 heteroatoms. The summed E-state index contributed by atoms with van der Waals surface area (Å²) in [5, 5.41) is 11.1. The van der Waals surface area contributed by atoms with Gasteiger partial charge in [0.15, 0.2) is 0 Å². The standard InChI is InChI=1S/C25H17F2NO4/c26-17-7-8-18(27)19(13-17)28-22(14-4-2-1-3-5-14)21(24(30)25(28)31)23(29)16-6-9-20-15(12-16)10-11-32-20/h1-9,12-13,22,29H,10-11H2/b23-21-. The molecule has 1 unspecified atom stereocenters. The van der Waals surface area contributed by atoms with E-state index in [0.29, 0.717) is 29.9 Å². The number of fused-ring (bicyclic) bond motifs is 1. The molecule has 2 aliphatic heterocycles. The highest BCUT2D eigenvalue weighted by molar-refractivity contribution is 6.51. The number of ether oxygens (including phenoxy) is 1. The Balaban J connectivity index is 1.73. The monoisotopic (exact) mass is 433 g/mol. The Hall–Kier alpha value is -4.00. The molecular weight excluding hydrogens is 416 g/mol. The van der Waals surface area contributed by atoms with Gasteiger partial charge in [-0.05, 0) is 41.5 Å². The van der Waals surface area contributed by atoms with Crippen molar-refractivity contribution in [3.05, 3.63) is 101 Å². The normalized spacial score (nSPS) is 19.2. The van der Waals surface area contributed by atoms with Crippen molar-refractivity contribution >= 4 is 23.1 Å². The van der Waals surface area contributed by atoms with Crippen LogP contribution in [0.4, 0.5) is 14.5 Å². The third-order valence-electron chi connectivity index (χ3n) is 5.69. The van der Waals surface area contributed by atoms with Crippen molar-refractivity contribution in [1.29, 1.82) is 0 Å². The number of nitrogens with zero attached hydrogens (tertiary/aromatic N) is 1. The lowest BCUT2D eigenvalue weighted by Gasteiger charge is -2.25. The molecule has 5 nitrogen and oxygen atoms in total. The van der Waals surface area contributed by atoms with Crippen LogP contribution in [0.25, 0.3) is 5.76 Å². The molecule has 32 heavy (non-hydrogen) atoms. The minimum Gasteiger partial charge on any atom is -0.507 e. The molecule has 5 rings (SSSR count). The van der Waals surface area contributed by atoms with Crippen LogP contribution in [0.1, 0.15) is 22.7 Å². The summed E-state index contributed by atoms with van der Waals surface area (Å²) in [5.41, 5.74) is 1.12. The highest BCUT2D eigenvalue weighted by atomic mass is 19.1. The lowest BCUT2D eigenvalue weighted by atomic mass is 9.94. The number of Topliss-reactive ketones (excluding diaryl/α,β-unsaturated/α-hetero) is 1. The van der Waals surface area contributed by atoms with Crippen LogP contribution in [0.2, 0.25) is 0 Å². The first-order valence-corrected chi connectivity index (χ1v) is 10.0. The first kappa shape index (κ1) is 19.9. The molecule has 1 fully saturated rings. The van der Waals surface area contributed by atoms with Gasteiger partial charge in [-0.25, -0.2) is 8.78 Å². The van der Waals surface area contributed by atoms with Gasteiger partial charge in [-0.15, -0.1) is 0 Å². The molecule has 0 bridgehead atoms. The maximum atomic E-state index is 14.6. The molecule has 3 aromatic rings. The summed E-state index contributed by atoms with van der Waals surface area (Å²) in [4.78, 5) is 27.0. The Morgan fingerprint density at radius 3 is 2.56 bits per heavy atom. The third-order valence-corrected chi connectivity index (χ3v) is 5.69.